The van der Waals surface area contributed by atoms with E-state index in [9.17, 15) is 0 Å². The molecule has 3 nitrogen and oxygen atoms in total. The van der Waals surface area contributed by atoms with Crippen LogP contribution in [0, 0.1) is 0 Å². The van der Waals surface area contributed by atoms with E-state index in [1.54, 1.807) is 0 Å². The fraction of sp³-hybridized carbons (Fsp3) is 1.00. The second kappa shape index (κ2) is 3.52. The van der Waals surface area contributed by atoms with Crippen molar-refractivity contribution in [1.82, 2.24) is 14.7 Å². The molecule has 0 radical (unpaired) electrons. The molecule has 1 heterocycles. The summed E-state index contributed by atoms with van der Waals surface area (Å²) in [7, 11) is 6.45. The van der Waals surface area contributed by atoms with Crippen molar-refractivity contribution < 1.29 is 0 Å². The van der Waals surface area contributed by atoms with Crippen LogP contribution in [0.4, 0.5) is 0 Å². The quantitative estimate of drug-likeness (QED) is 0.563. The van der Waals surface area contributed by atoms with E-state index >= 15 is 0 Å². The van der Waals surface area contributed by atoms with Gasteiger partial charge in [-0.2, -0.15) is 0 Å². The monoisotopic (exact) mass is 157 g/mol. The molecule has 0 spiro atoms. The minimum absolute atomic E-state index is 0.514. The molecule has 1 atom stereocenters. The maximum absolute atomic E-state index is 2.47. The summed E-state index contributed by atoms with van der Waals surface area (Å²) in [6.45, 7) is 5.76. The summed E-state index contributed by atoms with van der Waals surface area (Å²) < 4.78 is 0. The number of nitrogens with zero attached hydrogens (tertiary/aromatic N) is 3. The summed E-state index contributed by atoms with van der Waals surface area (Å²) in [6, 6.07) is 0. The number of hydrogen-bond donors (Lipinski definition) is 0. The molecule has 0 aliphatic carbocycles. The molecule has 0 saturated carbocycles. The van der Waals surface area contributed by atoms with Gasteiger partial charge >= 0.3 is 0 Å². The molecule has 1 saturated heterocycles. The summed E-state index contributed by atoms with van der Waals surface area (Å²) in [5, 5.41) is 0. The summed E-state index contributed by atoms with van der Waals surface area (Å²) in [5.41, 5.74) is 0. The average Bonchev–Trinajstić information content (AvgIpc) is 2.30. The fourth-order valence-electron chi connectivity index (χ4n) is 1.84. The van der Waals surface area contributed by atoms with Gasteiger partial charge in [0.25, 0.3) is 0 Å². The van der Waals surface area contributed by atoms with Crippen LogP contribution < -0.4 is 0 Å². The third-order valence-electron chi connectivity index (χ3n) is 2.33. The first-order valence-electron chi connectivity index (χ1n) is 4.27. The highest BCUT2D eigenvalue weighted by Crippen LogP contribution is 2.12. The molecule has 0 N–H and O–H groups in total. The lowest BCUT2D eigenvalue weighted by molar-refractivity contribution is 0.0351. The van der Waals surface area contributed by atoms with Gasteiger partial charge in [-0.25, -0.2) is 0 Å². The van der Waals surface area contributed by atoms with Crippen molar-refractivity contribution in [3.05, 3.63) is 0 Å². The molecule has 1 rings (SSSR count). The standard InChI is InChI=1S/C8H19N3/c1-5-11-7-6-10(4)8(11)9(2)3/h8H,5-7H2,1-4H3. The second-order valence-electron chi connectivity index (χ2n) is 3.42. The number of rotatable bonds is 2. The first-order chi connectivity index (χ1) is 5.16. The molecule has 66 valence electrons. The van der Waals surface area contributed by atoms with Gasteiger partial charge in [0.15, 0.2) is 0 Å². The van der Waals surface area contributed by atoms with Crippen molar-refractivity contribution in [2.24, 2.45) is 0 Å². The molecule has 1 fully saturated rings. The van der Waals surface area contributed by atoms with E-state index in [1.165, 1.54) is 13.1 Å². The van der Waals surface area contributed by atoms with E-state index < -0.39 is 0 Å². The first-order valence-corrected chi connectivity index (χ1v) is 4.27. The zero-order valence-electron chi connectivity index (χ0n) is 8.04. The average molecular weight is 157 g/mol. The molecule has 1 aliphatic heterocycles. The van der Waals surface area contributed by atoms with Gasteiger partial charge in [0.2, 0.25) is 0 Å². The topological polar surface area (TPSA) is 9.72 Å². The highest BCUT2D eigenvalue weighted by Gasteiger charge is 2.28. The van der Waals surface area contributed by atoms with E-state index in [2.05, 4.69) is 42.8 Å². The Bertz CT molecular complexity index is 125. The first kappa shape index (κ1) is 8.97. The Morgan fingerprint density at radius 3 is 2.36 bits per heavy atom. The maximum Gasteiger partial charge on any atom is 0.118 e. The minimum atomic E-state index is 0.514. The van der Waals surface area contributed by atoms with Crippen LogP contribution in [0.15, 0.2) is 0 Å². The third-order valence-corrected chi connectivity index (χ3v) is 2.33. The van der Waals surface area contributed by atoms with Gasteiger partial charge in [0.1, 0.15) is 6.29 Å². The molecule has 0 bridgehead atoms. The van der Waals surface area contributed by atoms with Crippen LogP contribution in [0.2, 0.25) is 0 Å². The molecule has 1 aliphatic rings. The lowest BCUT2D eigenvalue weighted by Crippen LogP contribution is -2.47. The van der Waals surface area contributed by atoms with Gasteiger partial charge < -0.3 is 0 Å². The van der Waals surface area contributed by atoms with Gasteiger partial charge in [-0.15, -0.1) is 0 Å². The van der Waals surface area contributed by atoms with Gasteiger partial charge in [0.05, 0.1) is 0 Å². The lowest BCUT2D eigenvalue weighted by Gasteiger charge is -2.32. The van der Waals surface area contributed by atoms with Crippen molar-refractivity contribution in [1.29, 1.82) is 0 Å². The Hall–Kier alpha value is -0.120. The van der Waals surface area contributed by atoms with Crippen LogP contribution in [0.3, 0.4) is 0 Å². The zero-order chi connectivity index (χ0) is 8.43. The third kappa shape index (κ3) is 1.72. The summed E-state index contributed by atoms with van der Waals surface area (Å²) >= 11 is 0. The highest BCUT2D eigenvalue weighted by atomic mass is 15.5. The van der Waals surface area contributed by atoms with E-state index in [4.69, 9.17) is 0 Å². The Balaban J connectivity index is 2.56. The fourth-order valence-corrected chi connectivity index (χ4v) is 1.84. The normalized spacial score (nSPS) is 28.6. The van der Waals surface area contributed by atoms with Crippen molar-refractivity contribution in [2.75, 3.05) is 40.8 Å². The van der Waals surface area contributed by atoms with E-state index in [0.29, 0.717) is 6.29 Å². The maximum atomic E-state index is 2.47. The Labute approximate surface area is 69.6 Å². The molecular weight excluding hydrogens is 138 g/mol. The smallest absolute Gasteiger partial charge is 0.118 e. The molecule has 0 aromatic carbocycles. The SMILES string of the molecule is CCN1CCN(C)C1N(C)C. The van der Waals surface area contributed by atoms with Gasteiger partial charge in [-0.1, -0.05) is 6.92 Å². The highest BCUT2D eigenvalue weighted by molar-refractivity contribution is 4.76. The van der Waals surface area contributed by atoms with Gasteiger partial charge in [-0.05, 0) is 27.7 Å². The van der Waals surface area contributed by atoms with Crippen molar-refractivity contribution in [3.63, 3.8) is 0 Å². The number of hydrogen-bond acceptors (Lipinski definition) is 3. The predicted octanol–water partition coefficient (Wildman–Crippen LogP) is 0.0989. The minimum Gasteiger partial charge on any atom is -0.282 e. The van der Waals surface area contributed by atoms with Crippen molar-refractivity contribution >= 4 is 0 Å². The lowest BCUT2D eigenvalue weighted by atomic mass is 10.5. The molecule has 11 heavy (non-hydrogen) atoms. The Morgan fingerprint density at radius 1 is 1.36 bits per heavy atom. The molecule has 0 amide bonds. The molecule has 3 heteroatoms. The van der Waals surface area contributed by atoms with E-state index in [-0.39, 0.29) is 0 Å². The van der Waals surface area contributed by atoms with Crippen molar-refractivity contribution in [3.8, 4) is 0 Å². The molecule has 0 aromatic heterocycles. The molecular formula is C8H19N3. The number of likely N-dealkylation sites (N-methyl/N-ethyl adjacent to an activating group) is 2. The van der Waals surface area contributed by atoms with Crippen LogP contribution >= 0.6 is 0 Å². The van der Waals surface area contributed by atoms with Gasteiger partial charge in [-0.3, -0.25) is 14.7 Å². The molecule has 0 aromatic rings. The predicted molar refractivity (Wildman–Crippen MR) is 47.4 cm³/mol. The Kier molecular flexibility index (Phi) is 2.87. The zero-order valence-corrected chi connectivity index (χ0v) is 8.04. The van der Waals surface area contributed by atoms with Gasteiger partial charge in [0, 0.05) is 13.1 Å². The van der Waals surface area contributed by atoms with Crippen molar-refractivity contribution in [2.45, 2.75) is 13.2 Å². The van der Waals surface area contributed by atoms with E-state index in [0.717, 1.165) is 6.54 Å². The molecule has 1 unspecified atom stereocenters. The van der Waals surface area contributed by atoms with Crippen LogP contribution in [-0.4, -0.2) is 61.8 Å². The second-order valence-corrected chi connectivity index (χ2v) is 3.42. The van der Waals surface area contributed by atoms with E-state index in [1.807, 2.05) is 0 Å². The van der Waals surface area contributed by atoms with Crippen LogP contribution in [0.1, 0.15) is 6.92 Å². The Morgan fingerprint density at radius 2 is 2.00 bits per heavy atom. The van der Waals surface area contributed by atoms with Crippen LogP contribution in [-0.2, 0) is 0 Å². The largest absolute Gasteiger partial charge is 0.282 e. The van der Waals surface area contributed by atoms with Crippen LogP contribution in [0.25, 0.3) is 0 Å². The summed E-state index contributed by atoms with van der Waals surface area (Å²) in [4.78, 5) is 7.11. The summed E-state index contributed by atoms with van der Waals surface area (Å²) in [6.07, 6.45) is 0.514. The summed E-state index contributed by atoms with van der Waals surface area (Å²) in [5.74, 6) is 0. The van der Waals surface area contributed by atoms with Crippen LogP contribution in [0.5, 0.6) is 0 Å².